The van der Waals surface area contributed by atoms with Gasteiger partial charge in [-0.25, -0.2) is 0 Å². The summed E-state index contributed by atoms with van der Waals surface area (Å²) in [6, 6.07) is 0. The molecule has 206 valence electrons. The van der Waals surface area contributed by atoms with E-state index in [1.807, 2.05) is 0 Å². The van der Waals surface area contributed by atoms with E-state index in [1.54, 1.807) is 0 Å². The van der Waals surface area contributed by atoms with Gasteiger partial charge in [0.15, 0.2) is 0 Å². The second kappa shape index (κ2) is 11.4. The zero-order valence-electron chi connectivity index (χ0n) is 23.9. The number of carboxylic acids is 1. The third-order valence-corrected chi connectivity index (χ3v) is 11.9. The minimum absolute atomic E-state index is 0.0355. The lowest BCUT2D eigenvalue weighted by molar-refractivity contribution is -0.163. The minimum Gasteiger partial charge on any atom is -0.481 e. The Morgan fingerprint density at radius 3 is 2.31 bits per heavy atom. The topological polar surface area (TPSA) is 63.6 Å². The van der Waals surface area contributed by atoms with Gasteiger partial charge in [0.1, 0.15) is 6.10 Å². The van der Waals surface area contributed by atoms with E-state index in [9.17, 15) is 9.59 Å². The molecule has 0 aromatic rings. The van der Waals surface area contributed by atoms with Crippen molar-refractivity contribution in [2.24, 2.45) is 52.3 Å². The van der Waals surface area contributed by atoms with E-state index in [1.165, 1.54) is 64.2 Å². The lowest BCUT2D eigenvalue weighted by Crippen LogP contribution is -2.54. The predicted molar refractivity (Wildman–Crippen MR) is 144 cm³/mol. The summed E-state index contributed by atoms with van der Waals surface area (Å²) >= 11 is 0. The van der Waals surface area contributed by atoms with E-state index in [0.717, 1.165) is 48.3 Å². The highest BCUT2D eigenvalue weighted by Gasteiger charge is 2.60. The van der Waals surface area contributed by atoms with Crippen molar-refractivity contribution >= 4 is 11.9 Å². The van der Waals surface area contributed by atoms with Crippen LogP contribution in [0.3, 0.4) is 0 Å². The lowest BCUT2D eigenvalue weighted by Gasteiger charge is -2.61. The number of fused-ring (bicyclic) bond motifs is 5. The maximum absolute atomic E-state index is 12.3. The smallest absolute Gasteiger partial charge is 0.306 e. The average Bonchev–Trinajstić information content (AvgIpc) is 3.16. The van der Waals surface area contributed by atoms with Crippen molar-refractivity contribution in [1.82, 2.24) is 0 Å². The molecule has 4 nitrogen and oxygen atoms in total. The highest BCUT2D eigenvalue weighted by molar-refractivity contribution is 5.71. The summed E-state index contributed by atoms with van der Waals surface area (Å²) in [5, 5.41) is 8.81. The standard InChI is InChI=1S/C32H54O4/c1-21(2)8-6-9-22(3)26-14-15-27-25-13-12-23-20-24(36-30(35)11-7-10-29(33)34)16-18-31(23,4)28(25)17-19-32(26,27)5/h21-28H,6-20H2,1-5H3,(H,33,34). The zero-order valence-corrected chi connectivity index (χ0v) is 23.9. The van der Waals surface area contributed by atoms with Crippen LogP contribution in [0.5, 0.6) is 0 Å². The Kier molecular flexibility index (Phi) is 8.82. The van der Waals surface area contributed by atoms with Crippen LogP contribution in [0.25, 0.3) is 0 Å². The molecule has 9 atom stereocenters. The fraction of sp³-hybridized carbons (Fsp3) is 0.938. The van der Waals surface area contributed by atoms with E-state index in [2.05, 4.69) is 34.6 Å². The van der Waals surface area contributed by atoms with Crippen molar-refractivity contribution in [2.75, 3.05) is 0 Å². The first-order chi connectivity index (χ1) is 17.0. The number of esters is 1. The van der Waals surface area contributed by atoms with Gasteiger partial charge in [0.05, 0.1) is 0 Å². The van der Waals surface area contributed by atoms with Crippen molar-refractivity contribution in [3.63, 3.8) is 0 Å². The molecule has 0 bridgehead atoms. The molecule has 36 heavy (non-hydrogen) atoms. The largest absolute Gasteiger partial charge is 0.481 e. The molecule has 4 rings (SSSR count). The van der Waals surface area contributed by atoms with Crippen LogP contribution in [0.2, 0.25) is 0 Å². The van der Waals surface area contributed by atoms with Gasteiger partial charge >= 0.3 is 11.9 Å². The molecule has 0 aromatic carbocycles. The number of ether oxygens (including phenoxy) is 1. The summed E-state index contributed by atoms with van der Waals surface area (Å²) in [7, 11) is 0. The van der Waals surface area contributed by atoms with Crippen molar-refractivity contribution in [3.8, 4) is 0 Å². The SMILES string of the molecule is CC(C)CCCC(C)C1CCC2C3CCC4CC(OC(=O)CCCC(=O)O)CCC4(C)C3CCC12C. The number of carbonyl (C=O) groups is 2. The predicted octanol–water partition coefficient (Wildman–Crippen LogP) is 8.27. The fourth-order valence-electron chi connectivity index (χ4n) is 9.98. The molecular weight excluding hydrogens is 448 g/mol. The van der Waals surface area contributed by atoms with E-state index in [4.69, 9.17) is 9.84 Å². The van der Waals surface area contributed by atoms with Gasteiger partial charge in [-0.1, -0.05) is 53.9 Å². The summed E-state index contributed by atoms with van der Waals surface area (Å²) < 4.78 is 5.84. The van der Waals surface area contributed by atoms with Crippen molar-refractivity contribution in [1.29, 1.82) is 0 Å². The summed E-state index contributed by atoms with van der Waals surface area (Å²) in [6.07, 6.45) is 16.5. The number of hydrogen-bond donors (Lipinski definition) is 1. The number of carboxylic acid groups (broad SMARTS) is 1. The maximum atomic E-state index is 12.3. The Hall–Kier alpha value is -1.06. The molecule has 0 aromatic heterocycles. The Bertz CT molecular complexity index is 776. The molecule has 4 aliphatic rings. The second-order valence-electron chi connectivity index (χ2n) is 14.3. The average molecular weight is 503 g/mol. The van der Waals surface area contributed by atoms with Gasteiger partial charge in [0, 0.05) is 12.8 Å². The maximum Gasteiger partial charge on any atom is 0.306 e. The summed E-state index contributed by atoms with van der Waals surface area (Å²) in [4.78, 5) is 23.0. The third-order valence-electron chi connectivity index (χ3n) is 11.9. The van der Waals surface area contributed by atoms with E-state index >= 15 is 0 Å². The molecule has 9 unspecified atom stereocenters. The highest BCUT2D eigenvalue weighted by Crippen LogP contribution is 2.68. The molecule has 4 heteroatoms. The zero-order chi connectivity index (χ0) is 26.1. The summed E-state index contributed by atoms with van der Waals surface area (Å²) in [5.41, 5.74) is 0.946. The van der Waals surface area contributed by atoms with Crippen molar-refractivity contribution < 1.29 is 19.4 Å². The Morgan fingerprint density at radius 1 is 0.861 bits per heavy atom. The summed E-state index contributed by atoms with van der Waals surface area (Å²) in [6.45, 7) is 12.5. The van der Waals surface area contributed by atoms with Crippen LogP contribution in [0.1, 0.15) is 131 Å². The van der Waals surface area contributed by atoms with E-state index in [0.29, 0.717) is 23.2 Å². The van der Waals surface area contributed by atoms with Crippen LogP contribution in [0, 0.1) is 52.3 Å². The summed E-state index contributed by atoms with van der Waals surface area (Å²) in [5.74, 6) is 4.88. The fourth-order valence-corrected chi connectivity index (χ4v) is 9.98. The molecule has 4 aliphatic carbocycles. The van der Waals surface area contributed by atoms with Gasteiger partial charge in [0.25, 0.3) is 0 Å². The van der Waals surface area contributed by atoms with Crippen LogP contribution < -0.4 is 0 Å². The van der Waals surface area contributed by atoms with Crippen LogP contribution in [-0.4, -0.2) is 23.1 Å². The Morgan fingerprint density at radius 2 is 1.58 bits per heavy atom. The molecule has 0 radical (unpaired) electrons. The molecule has 1 N–H and O–H groups in total. The Labute approximate surface area is 220 Å². The normalized spacial score (nSPS) is 40.7. The quantitative estimate of drug-likeness (QED) is 0.305. The first kappa shape index (κ1) is 28.0. The van der Waals surface area contributed by atoms with Gasteiger partial charge in [0.2, 0.25) is 0 Å². The van der Waals surface area contributed by atoms with Gasteiger partial charge in [-0.05, 0) is 116 Å². The molecule has 0 spiro atoms. The molecule has 0 saturated heterocycles. The highest BCUT2D eigenvalue weighted by atomic mass is 16.5. The third kappa shape index (κ3) is 5.68. The van der Waals surface area contributed by atoms with Crippen molar-refractivity contribution in [3.05, 3.63) is 0 Å². The number of rotatable bonds is 10. The molecule has 0 aliphatic heterocycles. The second-order valence-corrected chi connectivity index (χ2v) is 14.3. The number of aliphatic carboxylic acids is 1. The van der Waals surface area contributed by atoms with Gasteiger partial charge in [-0.2, -0.15) is 0 Å². The molecular formula is C32H54O4. The van der Waals surface area contributed by atoms with Crippen LogP contribution >= 0.6 is 0 Å². The van der Waals surface area contributed by atoms with E-state index < -0.39 is 5.97 Å². The van der Waals surface area contributed by atoms with Crippen LogP contribution in [-0.2, 0) is 14.3 Å². The number of hydrogen-bond acceptors (Lipinski definition) is 3. The lowest BCUT2D eigenvalue weighted by atomic mass is 9.44. The minimum atomic E-state index is -0.842. The monoisotopic (exact) mass is 502 g/mol. The van der Waals surface area contributed by atoms with Gasteiger partial charge < -0.3 is 9.84 Å². The van der Waals surface area contributed by atoms with Crippen LogP contribution in [0.15, 0.2) is 0 Å². The first-order valence-corrected chi connectivity index (χ1v) is 15.5. The van der Waals surface area contributed by atoms with E-state index in [-0.39, 0.29) is 24.9 Å². The molecule has 4 saturated carbocycles. The number of carbonyl (C=O) groups excluding carboxylic acids is 1. The molecule has 4 fully saturated rings. The first-order valence-electron chi connectivity index (χ1n) is 15.5. The molecule has 0 amide bonds. The van der Waals surface area contributed by atoms with Gasteiger partial charge in [-0.3, -0.25) is 9.59 Å². The van der Waals surface area contributed by atoms with Crippen molar-refractivity contribution in [2.45, 2.75) is 137 Å². The molecule has 0 heterocycles. The van der Waals surface area contributed by atoms with Gasteiger partial charge in [-0.15, -0.1) is 0 Å². The Balaban J connectivity index is 1.34. The van der Waals surface area contributed by atoms with Crippen LogP contribution in [0.4, 0.5) is 0 Å².